The van der Waals surface area contributed by atoms with Crippen molar-refractivity contribution in [3.8, 4) is 0 Å². The summed E-state index contributed by atoms with van der Waals surface area (Å²) in [5, 5.41) is 8.66. The van der Waals surface area contributed by atoms with Crippen molar-refractivity contribution in [1.29, 1.82) is 0 Å². The molecule has 6 rings (SSSR count). The third kappa shape index (κ3) is 17.5. The molecule has 2 heterocycles. The van der Waals surface area contributed by atoms with Gasteiger partial charge in [0.2, 0.25) is 0 Å². The number of hydrogen-bond donors (Lipinski definition) is 2. The van der Waals surface area contributed by atoms with Crippen LogP contribution in [0.2, 0.25) is 0 Å². The van der Waals surface area contributed by atoms with Crippen molar-refractivity contribution >= 4 is 58.5 Å². The van der Waals surface area contributed by atoms with E-state index in [0.29, 0.717) is 0 Å². The van der Waals surface area contributed by atoms with E-state index in [0.717, 1.165) is 49.2 Å². The summed E-state index contributed by atoms with van der Waals surface area (Å²) < 4.78 is 9.89. The van der Waals surface area contributed by atoms with Gasteiger partial charge in [0.05, 0.1) is 24.1 Å². The maximum absolute atomic E-state index is 4.94. The molecule has 45 heavy (non-hydrogen) atoms. The molecule has 6 nitrogen and oxygen atoms in total. The fourth-order valence-corrected chi connectivity index (χ4v) is 3.94. The Morgan fingerprint density at radius 2 is 0.711 bits per heavy atom. The number of ether oxygens (including phenoxy) is 2. The van der Waals surface area contributed by atoms with Crippen molar-refractivity contribution in [2.24, 2.45) is 0 Å². The van der Waals surface area contributed by atoms with Gasteiger partial charge < -0.3 is 19.5 Å². The van der Waals surface area contributed by atoms with Crippen molar-refractivity contribution in [3.63, 3.8) is 0 Å². The number of nitrogens with zero attached hydrogens (tertiary/aromatic N) is 2. The molecule has 0 saturated carbocycles. The first-order chi connectivity index (χ1) is 21.5. The van der Waals surface area contributed by atoms with E-state index < -0.39 is 0 Å². The SMILES string of the molecule is C1CCOC1.C1CCOC1.Cc1ccc([N-]C=[NH+]c2ccc(C)cc2)cc1.Cc1ccc([N-]C=[NH+]c2ccc(C)cc2)cc1.[Mg+2]. The molecule has 0 spiro atoms. The minimum atomic E-state index is 0. The summed E-state index contributed by atoms with van der Waals surface area (Å²) in [6.45, 7) is 12.3. The second-order valence-corrected chi connectivity index (χ2v) is 10.8. The molecule has 2 N–H and O–H groups in total. The van der Waals surface area contributed by atoms with E-state index in [4.69, 9.17) is 9.47 Å². The molecule has 2 aliphatic rings. The molecular weight excluding hydrogens is 569 g/mol. The molecule has 2 aliphatic heterocycles. The zero-order valence-electron chi connectivity index (χ0n) is 27.5. The fourth-order valence-electron chi connectivity index (χ4n) is 3.94. The van der Waals surface area contributed by atoms with Crippen LogP contribution in [0.15, 0.2) is 97.1 Å². The van der Waals surface area contributed by atoms with Crippen LogP contribution < -0.4 is 9.98 Å². The predicted molar refractivity (Wildman–Crippen MR) is 190 cm³/mol. The third-order valence-corrected chi connectivity index (χ3v) is 6.72. The predicted octanol–water partition coefficient (Wildman–Crippen LogP) is 6.71. The topological polar surface area (TPSA) is 74.6 Å². The summed E-state index contributed by atoms with van der Waals surface area (Å²) in [6.07, 6.45) is 8.55. The number of hydrogen-bond acceptors (Lipinski definition) is 2. The maximum Gasteiger partial charge on any atom is 2.00 e. The van der Waals surface area contributed by atoms with E-state index in [-0.39, 0.29) is 23.1 Å². The van der Waals surface area contributed by atoms with E-state index in [9.17, 15) is 0 Å². The minimum absolute atomic E-state index is 0. The first kappa shape index (κ1) is 37.7. The molecule has 2 saturated heterocycles. The number of benzene rings is 4. The van der Waals surface area contributed by atoms with Crippen LogP contribution >= 0.6 is 0 Å². The summed E-state index contributed by atoms with van der Waals surface area (Å²) in [6, 6.07) is 32.7. The van der Waals surface area contributed by atoms with Crippen LogP contribution in [0.25, 0.3) is 10.6 Å². The standard InChI is InChI=1S/2C15H15N2.2C4H8O.Mg/c2*1-12-3-7-14(8-4-12)16-11-17-15-9-5-13(2)6-10-15;2*1-2-4-5-3-1;/h2*3-11H,1-2H3;2*1-4H2;/q2*-1;;;+2/p+2. The first-order valence-corrected chi connectivity index (χ1v) is 15.5. The van der Waals surface area contributed by atoms with Crippen LogP contribution in [0.3, 0.4) is 0 Å². The van der Waals surface area contributed by atoms with Crippen LogP contribution in [-0.2, 0) is 9.47 Å². The second-order valence-electron chi connectivity index (χ2n) is 10.8. The molecule has 232 valence electrons. The summed E-state index contributed by atoms with van der Waals surface area (Å²) in [5.74, 6) is 0. The van der Waals surface area contributed by atoms with Crippen molar-refractivity contribution in [2.75, 3.05) is 26.4 Å². The molecule has 0 aliphatic carbocycles. The van der Waals surface area contributed by atoms with E-state index in [1.807, 2.05) is 48.5 Å². The van der Waals surface area contributed by atoms with Crippen molar-refractivity contribution in [2.45, 2.75) is 53.4 Å². The molecule has 0 radical (unpaired) electrons. The van der Waals surface area contributed by atoms with Gasteiger partial charge in [0.25, 0.3) is 0 Å². The van der Waals surface area contributed by atoms with E-state index in [2.05, 4.69) is 96.8 Å². The van der Waals surface area contributed by atoms with Crippen molar-refractivity contribution in [1.82, 2.24) is 0 Å². The smallest absolute Gasteiger partial charge is 0.381 e. The van der Waals surface area contributed by atoms with Gasteiger partial charge in [-0.05, 0) is 102 Å². The Balaban J connectivity index is 0.000000235. The van der Waals surface area contributed by atoms with Gasteiger partial charge in [-0.2, -0.15) is 0 Å². The van der Waals surface area contributed by atoms with Crippen LogP contribution in [-0.4, -0.2) is 62.2 Å². The summed E-state index contributed by atoms with van der Waals surface area (Å²) in [7, 11) is 0. The Labute approximate surface area is 286 Å². The van der Waals surface area contributed by atoms with Crippen molar-refractivity contribution in [3.05, 3.63) is 130 Å². The Morgan fingerprint density at radius 3 is 0.956 bits per heavy atom. The quantitative estimate of drug-likeness (QED) is 0.144. The number of rotatable bonds is 6. The first-order valence-electron chi connectivity index (χ1n) is 15.5. The number of nitrogens with one attached hydrogen (secondary N) is 2. The van der Waals surface area contributed by atoms with Gasteiger partial charge in [-0.3, -0.25) is 0 Å². The molecule has 0 bridgehead atoms. The van der Waals surface area contributed by atoms with Gasteiger partial charge in [-0.1, -0.05) is 70.8 Å². The molecule has 4 aromatic carbocycles. The molecule has 0 aromatic heterocycles. The fraction of sp³-hybridized carbons (Fsp3) is 0.316. The average Bonchev–Trinajstić information content (AvgIpc) is 3.82. The van der Waals surface area contributed by atoms with Crippen LogP contribution in [0, 0.1) is 27.7 Å². The number of aryl methyl sites for hydroxylation is 4. The monoisotopic (exact) mass is 616 g/mol. The van der Waals surface area contributed by atoms with Crippen molar-refractivity contribution < 1.29 is 19.5 Å². The van der Waals surface area contributed by atoms with Gasteiger partial charge in [0.15, 0.2) is 0 Å². The zero-order chi connectivity index (χ0) is 31.2. The van der Waals surface area contributed by atoms with Crippen LogP contribution in [0.5, 0.6) is 0 Å². The van der Waals surface area contributed by atoms with Gasteiger partial charge in [-0.15, -0.1) is 0 Å². The van der Waals surface area contributed by atoms with Crippen LogP contribution in [0.4, 0.5) is 22.7 Å². The molecular formula is C38H48MgN4O2+2. The molecule has 0 amide bonds. The second kappa shape index (κ2) is 22.9. The Bertz CT molecular complexity index is 1240. The minimum Gasteiger partial charge on any atom is -0.381 e. The largest absolute Gasteiger partial charge is 2.00 e. The summed E-state index contributed by atoms with van der Waals surface area (Å²) in [5.41, 5.74) is 9.01. The molecule has 0 unspecified atom stereocenters. The Morgan fingerprint density at radius 1 is 0.444 bits per heavy atom. The molecule has 4 aromatic rings. The summed E-state index contributed by atoms with van der Waals surface area (Å²) in [4.78, 5) is 6.29. The Kier molecular flexibility index (Phi) is 19.2. The van der Waals surface area contributed by atoms with E-state index in [1.165, 1.54) is 47.9 Å². The van der Waals surface area contributed by atoms with Gasteiger partial charge in [-0.25, -0.2) is 10.6 Å². The normalized spacial score (nSPS) is 13.4. The summed E-state index contributed by atoms with van der Waals surface area (Å²) >= 11 is 0. The maximum atomic E-state index is 4.94. The molecule has 0 atom stereocenters. The van der Waals surface area contributed by atoms with E-state index in [1.54, 1.807) is 12.7 Å². The third-order valence-electron chi connectivity index (χ3n) is 6.72. The van der Waals surface area contributed by atoms with Gasteiger partial charge in [0, 0.05) is 37.8 Å². The van der Waals surface area contributed by atoms with E-state index >= 15 is 0 Å². The molecule has 7 heteroatoms. The Hall–Kier alpha value is -3.49. The van der Waals surface area contributed by atoms with Gasteiger partial charge >= 0.3 is 23.1 Å². The molecule has 2 fully saturated rings. The zero-order valence-corrected chi connectivity index (χ0v) is 28.9. The van der Waals surface area contributed by atoms with Gasteiger partial charge in [0.1, 0.15) is 0 Å². The van der Waals surface area contributed by atoms with Crippen LogP contribution in [0.1, 0.15) is 47.9 Å². The average molecular weight is 617 g/mol.